The van der Waals surface area contributed by atoms with Crippen LogP contribution in [-0.2, 0) is 11.2 Å². The van der Waals surface area contributed by atoms with E-state index >= 15 is 0 Å². The summed E-state index contributed by atoms with van der Waals surface area (Å²) < 4.78 is 10.3. The lowest BCUT2D eigenvalue weighted by Gasteiger charge is -2.03. The summed E-state index contributed by atoms with van der Waals surface area (Å²) in [6.07, 6.45) is 0.213. The highest BCUT2D eigenvalue weighted by atomic mass is 35.5. The second-order valence-corrected chi connectivity index (χ2v) is 5.18. The molecule has 0 saturated carbocycles. The largest absolute Gasteiger partial charge is 0.497 e. The average Bonchev–Trinajstić information content (AvgIpc) is 2.89. The molecule has 1 amide bonds. The standard InChI is InChI=1S/C16H13ClN2O3/c1-21-12-5-6-13-14(9-12)22-19-16(13)18-15(20)8-10-3-2-4-11(17)7-10/h2-7,9H,8H2,1H3,(H,18,19,20). The second kappa shape index (κ2) is 6.07. The number of methoxy groups -OCH3 is 1. The molecule has 0 saturated heterocycles. The maximum atomic E-state index is 12.1. The summed E-state index contributed by atoms with van der Waals surface area (Å²) in [5, 5.41) is 7.95. The van der Waals surface area contributed by atoms with Gasteiger partial charge in [0, 0.05) is 11.1 Å². The van der Waals surface area contributed by atoms with Gasteiger partial charge in [-0.05, 0) is 29.8 Å². The lowest BCUT2D eigenvalue weighted by atomic mass is 10.1. The number of nitrogens with one attached hydrogen (secondary N) is 1. The number of hydrogen-bond acceptors (Lipinski definition) is 4. The Morgan fingerprint density at radius 1 is 1.32 bits per heavy atom. The summed E-state index contributed by atoms with van der Waals surface area (Å²) >= 11 is 5.91. The van der Waals surface area contributed by atoms with Crippen molar-refractivity contribution in [1.29, 1.82) is 0 Å². The van der Waals surface area contributed by atoms with E-state index in [4.69, 9.17) is 20.9 Å². The Morgan fingerprint density at radius 2 is 2.18 bits per heavy atom. The van der Waals surface area contributed by atoms with Crippen molar-refractivity contribution < 1.29 is 14.1 Å². The first-order valence-electron chi connectivity index (χ1n) is 6.63. The highest BCUT2D eigenvalue weighted by molar-refractivity contribution is 6.30. The molecule has 2 aromatic carbocycles. The molecule has 5 nitrogen and oxygen atoms in total. The quantitative estimate of drug-likeness (QED) is 0.797. The van der Waals surface area contributed by atoms with E-state index in [0.717, 1.165) is 10.9 Å². The van der Waals surface area contributed by atoms with E-state index in [1.165, 1.54) is 0 Å². The van der Waals surface area contributed by atoms with Crippen molar-refractivity contribution >= 4 is 34.3 Å². The number of hydrogen-bond donors (Lipinski definition) is 1. The molecule has 0 spiro atoms. The molecular formula is C16H13ClN2O3. The fourth-order valence-electron chi connectivity index (χ4n) is 2.14. The molecule has 22 heavy (non-hydrogen) atoms. The number of amides is 1. The number of rotatable bonds is 4. The first-order chi connectivity index (χ1) is 10.7. The topological polar surface area (TPSA) is 64.4 Å². The van der Waals surface area contributed by atoms with Gasteiger partial charge in [-0.25, -0.2) is 0 Å². The smallest absolute Gasteiger partial charge is 0.230 e. The van der Waals surface area contributed by atoms with Gasteiger partial charge in [-0.15, -0.1) is 0 Å². The Hall–Kier alpha value is -2.53. The molecule has 6 heteroatoms. The molecule has 0 aliphatic heterocycles. The number of aromatic nitrogens is 1. The van der Waals surface area contributed by atoms with Crippen molar-refractivity contribution in [1.82, 2.24) is 5.16 Å². The number of nitrogens with zero attached hydrogens (tertiary/aromatic N) is 1. The molecule has 0 fully saturated rings. The van der Waals surface area contributed by atoms with Gasteiger partial charge in [0.25, 0.3) is 0 Å². The van der Waals surface area contributed by atoms with Gasteiger partial charge < -0.3 is 14.6 Å². The van der Waals surface area contributed by atoms with E-state index in [9.17, 15) is 4.79 Å². The van der Waals surface area contributed by atoms with Crippen molar-refractivity contribution in [2.75, 3.05) is 12.4 Å². The molecule has 0 bridgehead atoms. The first-order valence-corrected chi connectivity index (χ1v) is 7.01. The Labute approximate surface area is 131 Å². The summed E-state index contributed by atoms with van der Waals surface area (Å²) in [6.45, 7) is 0. The van der Waals surface area contributed by atoms with Crippen LogP contribution in [0.2, 0.25) is 5.02 Å². The molecule has 0 aliphatic carbocycles. The van der Waals surface area contributed by atoms with Gasteiger partial charge in [0.2, 0.25) is 5.91 Å². The molecular weight excluding hydrogens is 304 g/mol. The van der Waals surface area contributed by atoms with Gasteiger partial charge in [0.05, 0.1) is 18.9 Å². The van der Waals surface area contributed by atoms with Crippen LogP contribution < -0.4 is 10.1 Å². The zero-order chi connectivity index (χ0) is 15.5. The van der Waals surface area contributed by atoms with Crippen molar-refractivity contribution in [2.45, 2.75) is 6.42 Å². The van der Waals surface area contributed by atoms with Gasteiger partial charge in [-0.1, -0.05) is 28.9 Å². The van der Waals surface area contributed by atoms with E-state index in [0.29, 0.717) is 22.2 Å². The molecule has 3 aromatic rings. The van der Waals surface area contributed by atoms with Crippen molar-refractivity contribution in [3.8, 4) is 5.75 Å². The predicted molar refractivity (Wildman–Crippen MR) is 84.3 cm³/mol. The minimum absolute atomic E-state index is 0.187. The van der Waals surface area contributed by atoms with Crippen LogP contribution in [0.4, 0.5) is 5.82 Å². The molecule has 0 unspecified atom stereocenters. The third-order valence-corrected chi connectivity index (χ3v) is 3.43. The zero-order valence-electron chi connectivity index (χ0n) is 11.8. The third-order valence-electron chi connectivity index (χ3n) is 3.19. The van der Waals surface area contributed by atoms with Crippen LogP contribution in [-0.4, -0.2) is 18.2 Å². The van der Waals surface area contributed by atoms with E-state index in [2.05, 4.69) is 10.5 Å². The second-order valence-electron chi connectivity index (χ2n) is 4.75. The lowest BCUT2D eigenvalue weighted by Crippen LogP contribution is -2.14. The minimum Gasteiger partial charge on any atom is -0.497 e. The van der Waals surface area contributed by atoms with Crippen LogP contribution in [0.5, 0.6) is 5.75 Å². The molecule has 0 aliphatic rings. The fourth-order valence-corrected chi connectivity index (χ4v) is 2.36. The monoisotopic (exact) mass is 316 g/mol. The minimum atomic E-state index is -0.187. The number of carbonyl (C=O) groups is 1. The number of ether oxygens (including phenoxy) is 1. The summed E-state index contributed by atoms with van der Waals surface area (Å²) in [4.78, 5) is 12.1. The highest BCUT2D eigenvalue weighted by Crippen LogP contribution is 2.26. The predicted octanol–water partition coefficient (Wildman–Crippen LogP) is 3.67. The average molecular weight is 317 g/mol. The highest BCUT2D eigenvalue weighted by Gasteiger charge is 2.12. The molecule has 3 rings (SSSR count). The number of anilines is 1. The van der Waals surface area contributed by atoms with Gasteiger partial charge in [0.1, 0.15) is 5.75 Å². The molecule has 1 heterocycles. The lowest BCUT2D eigenvalue weighted by molar-refractivity contribution is -0.115. The van der Waals surface area contributed by atoms with Crippen LogP contribution in [0.15, 0.2) is 47.0 Å². The maximum Gasteiger partial charge on any atom is 0.230 e. The van der Waals surface area contributed by atoms with E-state index < -0.39 is 0 Å². The summed E-state index contributed by atoms with van der Waals surface area (Å²) in [6, 6.07) is 12.5. The summed E-state index contributed by atoms with van der Waals surface area (Å²) in [5.41, 5.74) is 1.39. The zero-order valence-corrected chi connectivity index (χ0v) is 12.6. The van der Waals surface area contributed by atoms with Crippen LogP contribution in [0.25, 0.3) is 11.0 Å². The van der Waals surface area contributed by atoms with Crippen LogP contribution in [0.1, 0.15) is 5.56 Å². The Kier molecular flexibility index (Phi) is 3.98. The Balaban J connectivity index is 1.76. The van der Waals surface area contributed by atoms with Crippen molar-refractivity contribution in [3.63, 3.8) is 0 Å². The van der Waals surface area contributed by atoms with Crippen molar-refractivity contribution in [2.24, 2.45) is 0 Å². The number of fused-ring (bicyclic) bond motifs is 1. The van der Waals surface area contributed by atoms with E-state index in [1.54, 1.807) is 37.4 Å². The molecule has 0 atom stereocenters. The van der Waals surface area contributed by atoms with Crippen molar-refractivity contribution in [3.05, 3.63) is 53.1 Å². The van der Waals surface area contributed by atoms with Gasteiger partial charge in [-0.2, -0.15) is 0 Å². The number of benzene rings is 2. The van der Waals surface area contributed by atoms with Gasteiger partial charge in [-0.3, -0.25) is 4.79 Å². The third kappa shape index (κ3) is 3.04. The van der Waals surface area contributed by atoms with Gasteiger partial charge in [0.15, 0.2) is 11.4 Å². The summed E-state index contributed by atoms with van der Waals surface area (Å²) in [5.74, 6) is 0.874. The fraction of sp³-hybridized carbons (Fsp3) is 0.125. The molecule has 1 aromatic heterocycles. The molecule has 0 radical (unpaired) electrons. The van der Waals surface area contributed by atoms with Crippen LogP contribution in [0, 0.1) is 0 Å². The first kappa shape index (κ1) is 14.4. The summed E-state index contributed by atoms with van der Waals surface area (Å²) in [7, 11) is 1.57. The SMILES string of the molecule is COc1ccc2c(NC(=O)Cc3cccc(Cl)c3)noc2c1. The maximum absolute atomic E-state index is 12.1. The number of halogens is 1. The normalized spacial score (nSPS) is 10.6. The van der Waals surface area contributed by atoms with E-state index in [1.807, 2.05) is 12.1 Å². The Bertz CT molecular complexity index is 829. The van der Waals surface area contributed by atoms with Crippen LogP contribution in [0.3, 0.4) is 0 Å². The number of carbonyl (C=O) groups excluding carboxylic acids is 1. The molecule has 112 valence electrons. The van der Waals surface area contributed by atoms with E-state index in [-0.39, 0.29) is 12.3 Å². The van der Waals surface area contributed by atoms with Gasteiger partial charge >= 0.3 is 0 Å². The molecule has 1 N–H and O–H groups in total. The Morgan fingerprint density at radius 3 is 2.95 bits per heavy atom. The van der Waals surface area contributed by atoms with Crippen LogP contribution >= 0.6 is 11.6 Å².